The third-order valence-electron chi connectivity index (χ3n) is 3.74. The Labute approximate surface area is 134 Å². The maximum atomic E-state index is 11.9. The van der Waals surface area contributed by atoms with E-state index < -0.39 is 5.97 Å². The van der Waals surface area contributed by atoms with Crippen molar-refractivity contribution in [1.82, 2.24) is 5.32 Å². The molecule has 0 aliphatic heterocycles. The summed E-state index contributed by atoms with van der Waals surface area (Å²) in [5.74, 6) is -1.24. The second-order valence-corrected chi connectivity index (χ2v) is 5.14. The zero-order valence-electron chi connectivity index (χ0n) is 13.2. The molecule has 1 amide bonds. The van der Waals surface area contributed by atoms with Crippen molar-refractivity contribution >= 4 is 23.4 Å². The van der Waals surface area contributed by atoms with Crippen LogP contribution in [0.15, 0.2) is 24.3 Å². The van der Waals surface area contributed by atoms with Gasteiger partial charge in [-0.15, -0.1) is 0 Å². The molecule has 1 aromatic carbocycles. The van der Waals surface area contributed by atoms with E-state index in [1.54, 1.807) is 12.1 Å². The Morgan fingerprint density at radius 3 is 2.65 bits per heavy atom. The highest BCUT2D eigenvalue weighted by molar-refractivity contribution is 5.99. The lowest BCUT2D eigenvalue weighted by molar-refractivity contribution is -0.140. The molecule has 0 saturated heterocycles. The van der Waals surface area contributed by atoms with Crippen LogP contribution in [0.4, 0.5) is 0 Å². The first-order valence-electron chi connectivity index (χ1n) is 7.32. The molecule has 23 heavy (non-hydrogen) atoms. The van der Waals surface area contributed by atoms with Crippen LogP contribution in [-0.4, -0.2) is 38.6 Å². The molecule has 1 aromatic rings. The van der Waals surface area contributed by atoms with E-state index in [0.717, 1.165) is 36.0 Å². The van der Waals surface area contributed by atoms with Crippen molar-refractivity contribution in [3.05, 3.63) is 41.0 Å². The van der Waals surface area contributed by atoms with Crippen molar-refractivity contribution in [2.75, 3.05) is 20.8 Å². The van der Waals surface area contributed by atoms with Crippen LogP contribution in [0.5, 0.6) is 0 Å². The van der Waals surface area contributed by atoms with Gasteiger partial charge in [0.2, 0.25) is 5.91 Å². The summed E-state index contributed by atoms with van der Waals surface area (Å²) in [5, 5.41) is 2.48. The summed E-state index contributed by atoms with van der Waals surface area (Å²) in [4.78, 5) is 34.8. The van der Waals surface area contributed by atoms with E-state index in [9.17, 15) is 14.4 Å². The Kier molecular flexibility index (Phi) is 5.51. The largest absolute Gasteiger partial charge is 0.468 e. The normalized spacial score (nSPS) is 14.8. The maximum Gasteiger partial charge on any atom is 0.338 e. The number of hydrogen-bond donors (Lipinski definition) is 1. The average Bonchev–Trinajstić information content (AvgIpc) is 2.58. The Morgan fingerprint density at radius 2 is 1.96 bits per heavy atom. The molecule has 0 radical (unpaired) electrons. The van der Waals surface area contributed by atoms with Crippen LogP contribution in [0.3, 0.4) is 0 Å². The van der Waals surface area contributed by atoms with Crippen molar-refractivity contribution in [2.45, 2.75) is 19.3 Å². The number of nitrogens with one attached hydrogen (secondary N) is 1. The third kappa shape index (κ3) is 3.97. The van der Waals surface area contributed by atoms with E-state index in [1.807, 2.05) is 6.07 Å². The van der Waals surface area contributed by atoms with Crippen molar-refractivity contribution in [3.8, 4) is 0 Å². The summed E-state index contributed by atoms with van der Waals surface area (Å²) >= 11 is 0. The van der Waals surface area contributed by atoms with Crippen LogP contribution in [-0.2, 0) is 25.5 Å². The summed E-state index contributed by atoms with van der Waals surface area (Å²) in [6, 6.07) is 5.39. The Hall–Kier alpha value is -2.63. The number of benzene rings is 1. The zero-order chi connectivity index (χ0) is 16.8. The molecule has 0 bridgehead atoms. The van der Waals surface area contributed by atoms with Gasteiger partial charge < -0.3 is 14.8 Å². The van der Waals surface area contributed by atoms with Crippen LogP contribution >= 0.6 is 0 Å². The number of amides is 1. The molecule has 6 heteroatoms. The minimum absolute atomic E-state index is 0.172. The molecule has 1 N–H and O–H groups in total. The average molecular weight is 317 g/mol. The van der Waals surface area contributed by atoms with Gasteiger partial charge in [0.1, 0.15) is 6.54 Å². The summed E-state index contributed by atoms with van der Waals surface area (Å²) in [5.41, 5.74) is 3.16. The van der Waals surface area contributed by atoms with Crippen molar-refractivity contribution in [3.63, 3.8) is 0 Å². The first kappa shape index (κ1) is 16.7. The number of methoxy groups -OCH3 is 2. The molecule has 1 aliphatic rings. The second-order valence-electron chi connectivity index (χ2n) is 5.14. The quantitative estimate of drug-likeness (QED) is 0.672. The Bertz CT molecular complexity index is 663. The lowest BCUT2D eigenvalue weighted by atomic mass is 9.84. The zero-order valence-corrected chi connectivity index (χ0v) is 13.2. The highest BCUT2D eigenvalue weighted by atomic mass is 16.5. The van der Waals surface area contributed by atoms with Crippen molar-refractivity contribution in [2.24, 2.45) is 0 Å². The fraction of sp³-hybridized carbons (Fsp3) is 0.353. The SMILES string of the molecule is COC(=O)CNC(=O)/C=C1/CCCc2c(C(=O)OC)cccc21. The predicted molar refractivity (Wildman–Crippen MR) is 83.7 cm³/mol. The topological polar surface area (TPSA) is 81.7 Å². The molecule has 6 nitrogen and oxygen atoms in total. The molecule has 0 spiro atoms. The second kappa shape index (κ2) is 7.58. The number of fused-ring (bicyclic) bond motifs is 1. The van der Waals surface area contributed by atoms with Crippen LogP contribution in [0.1, 0.15) is 34.3 Å². The standard InChI is InChI=1S/C17H19NO5/c1-22-16(20)10-18-15(19)9-11-5-3-7-13-12(11)6-4-8-14(13)17(21)23-2/h4,6,8-9H,3,5,7,10H2,1-2H3,(H,18,19)/b11-9-. The summed E-state index contributed by atoms with van der Waals surface area (Å²) < 4.78 is 9.28. The van der Waals surface area contributed by atoms with Crippen LogP contribution < -0.4 is 5.32 Å². The summed E-state index contributed by atoms with van der Waals surface area (Å²) in [6.07, 6.45) is 3.82. The van der Waals surface area contributed by atoms with Gasteiger partial charge in [-0.25, -0.2) is 4.79 Å². The molecule has 0 aromatic heterocycles. The third-order valence-corrected chi connectivity index (χ3v) is 3.74. The highest BCUT2D eigenvalue weighted by Gasteiger charge is 2.21. The fourth-order valence-corrected chi connectivity index (χ4v) is 2.64. The Morgan fingerprint density at radius 1 is 1.17 bits per heavy atom. The van der Waals surface area contributed by atoms with Crippen molar-refractivity contribution in [1.29, 1.82) is 0 Å². The van der Waals surface area contributed by atoms with E-state index >= 15 is 0 Å². The minimum atomic E-state index is -0.506. The van der Waals surface area contributed by atoms with Gasteiger partial charge in [0.05, 0.1) is 19.8 Å². The van der Waals surface area contributed by atoms with Gasteiger partial charge in [-0.3, -0.25) is 9.59 Å². The lowest BCUT2D eigenvalue weighted by Crippen LogP contribution is -2.29. The van der Waals surface area contributed by atoms with Crippen LogP contribution in [0.25, 0.3) is 5.57 Å². The number of ether oxygens (including phenoxy) is 2. The monoisotopic (exact) mass is 317 g/mol. The first-order valence-corrected chi connectivity index (χ1v) is 7.32. The van der Waals surface area contributed by atoms with E-state index in [1.165, 1.54) is 20.3 Å². The molecule has 2 rings (SSSR count). The molecular formula is C17H19NO5. The van der Waals surface area contributed by atoms with Crippen LogP contribution in [0.2, 0.25) is 0 Å². The molecule has 122 valence electrons. The van der Waals surface area contributed by atoms with Gasteiger partial charge in [0.15, 0.2) is 0 Å². The van der Waals surface area contributed by atoms with Gasteiger partial charge in [-0.2, -0.15) is 0 Å². The number of rotatable bonds is 4. The number of hydrogen-bond acceptors (Lipinski definition) is 5. The van der Waals surface area contributed by atoms with E-state index in [2.05, 4.69) is 10.1 Å². The van der Waals surface area contributed by atoms with Gasteiger partial charge in [0.25, 0.3) is 0 Å². The van der Waals surface area contributed by atoms with E-state index in [-0.39, 0.29) is 18.4 Å². The van der Waals surface area contributed by atoms with Gasteiger partial charge in [0, 0.05) is 6.08 Å². The van der Waals surface area contributed by atoms with Gasteiger partial charge in [-0.1, -0.05) is 12.1 Å². The Balaban J connectivity index is 2.24. The number of esters is 2. The molecule has 1 aliphatic carbocycles. The predicted octanol–water partition coefficient (Wildman–Crippen LogP) is 1.48. The first-order chi connectivity index (χ1) is 11.1. The van der Waals surface area contributed by atoms with Gasteiger partial charge in [-0.05, 0) is 42.0 Å². The van der Waals surface area contributed by atoms with Crippen LogP contribution in [0, 0.1) is 0 Å². The molecular weight excluding hydrogens is 298 g/mol. The maximum absolute atomic E-state index is 11.9. The fourth-order valence-electron chi connectivity index (χ4n) is 2.64. The number of carbonyl (C=O) groups is 3. The smallest absolute Gasteiger partial charge is 0.338 e. The molecule has 0 heterocycles. The van der Waals surface area contributed by atoms with E-state index in [4.69, 9.17) is 4.74 Å². The minimum Gasteiger partial charge on any atom is -0.468 e. The number of allylic oxidation sites excluding steroid dienone is 1. The summed E-state index contributed by atoms with van der Waals surface area (Å²) in [7, 11) is 2.61. The molecule has 0 unspecified atom stereocenters. The van der Waals surface area contributed by atoms with E-state index in [0.29, 0.717) is 5.56 Å². The molecule has 0 atom stereocenters. The molecule has 0 saturated carbocycles. The highest BCUT2D eigenvalue weighted by Crippen LogP contribution is 2.32. The molecule has 0 fully saturated rings. The summed E-state index contributed by atoms with van der Waals surface area (Å²) in [6.45, 7) is -0.172. The lowest BCUT2D eigenvalue weighted by Gasteiger charge is -2.21. The van der Waals surface area contributed by atoms with Crippen molar-refractivity contribution < 1.29 is 23.9 Å². The van der Waals surface area contributed by atoms with Gasteiger partial charge >= 0.3 is 11.9 Å². The number of carbonyl (C=O) groups excluding carboxylic acids is 3.